The van der Waals surface area contributed by atoms with E-state index in [1.165, 1.54) is 0 Å². The average Bonchev–Trinajstić information content (AvgIpc) is 2.43. The van der Waals surface area contributed by atoms with E-state index in [1.807, 2.05) is 13.8 Å². The Balaban J connectivity index is 2.73. The molecule has 2 rings (SSSR count). The van der Waals surface area contributed by atoms with Crippen LogP contribution in [-0.4, -0.2) is 10.2 Å². The van der Waals surface area contributed by atoms with E-state index in [2.05, 4.69) is 0 Å². The molecule has 0 atom stereocenters. The van der Waals surface area contributed by atoms with E-state index in [1.54, 1.807) is 24.3 Å². The van der Waals surface area contributed by atoms with Gasteiger partial charge >= 0.3 is 0 Å². The summed E-state index contributed by atoms with van der Waals surface area (Å²) in [6.45, 7) is 3.80. The van der Waals surface area contributed by atoms with Crippen LogP contribution in [0.2, 0.25) is 20.1 Å². The SMILES string of the molecule is CC(C)(c1ccc(O)cc1)c1c(Cl)c(Cl)c(O)c(Cl)c1Cl. The number of halogens is 4. The van der Waals surface area contributed by atoms with Crippen LogP contribution in [0.15, 0.2) is 24.3 Å². The second-order valence-corrected chi connectivity index (χ2v) is 6.66. The third-order valence-electron chi connectivity index (χ3n) is 3.45. The summed E-state index contributed by atoms with van der Waals surface area (Å²) >= 11 is 24.5. The Hall–Kier alpha value is -0.800. The minimum absolute atomic E-state index is 0.0343. The first kappa shape index (κ1) is 16.6. The highest BCUT2D eigenvalue weighted by Gasteiger charge is 2.32. The first-order chi connectivity index (χ1) is 9.67. The van der Waals surface area contributed by atoms with Crippen molar-refractivity contribution in [1.82, 2.24) is 0 Å². The third kappa shape index (κ3) is 2.78. The molecule has 0 aliphatic carbocycles. The minimum Gasteiger partial charge on any atom is -0.508 e. The quantitative estimate of drug-likeness (QED) is 0.637. The topological polar surface area (TPSA) is 40.5 Å². The van der Waals surface area contributed by atoms with Gasteiger partial charge in [0.1, 0.15) is 15.8 Å². The molecule has 0 spiro atoms. The fraction of sp³-hybridized carbons (Fsp3) is 0.200. The number of benzene rings is 2. The molecule has 21 heavy (non-hydrogen) atoms. The molecule has 2 N–H and O–H groups in total. The number of phenolic OH excluding ortho intramolecular Hbond substituents is 2. The van der Waals surface area contributed by atoms with Crippen molar-refractivity contribution in [1.29, 1.82) is 0 Å². The van der Waals surface area contributed by atoms with E-state index in [4.69, 9.17) is 46.4 Å². The summed E-state index contributed by atoms with van der Waals surface area (Å²) in [5.41, 5.74) is 0.759. The van der Waals surface area contributed by atoms with Gasteiger partial charge in [-0.1, -0.05) is 72.4 Å². The second kappa shape index (κ2) is 5.77. The molecule has 112 valence electrons. The number of hydrogen-bond donors (Lipinski definition) is 2. The molecule has 0 radical (unpaired) electrons. The van der Waals surface area contributed by atoms with E-state index in [0.717, 1.165) is 5.56 Å². The van der Waals surface area contributed by atoms with Crippen LogP contribution in [-0.2, 0) is 5.41 Å². The zero-order valence-electron chi connectivity index (χ0n) is 11.2. The van der Waals surface area contributed by atoms with Crippen molar-refractivity contribution in [2.75, 3.05) is 0 Å². The molecule has 2 aromatic rings. The first-order valence-electron chi connectivity index (χ1n) is 6.02. The Morgan fingerprint density at radius 1 is 0.762 bits per heavy atom. The summed E-state index contributed by atoms with van der Waals surface area (Å²) in [6.07, 6.45) is 0. The van der Waals surface area contributed by atoms with Gasteiger partial charge in [-0.3, -0.25) is 0 Å². The van der Waals surface area contributed by atoms with Gasteiger partial charge in [-0.25, -0.2) is 0 Å². The van der Waals surface area contributed by atoms with Crippen molar-refractivity contribution in [2.45, 2.75) is 19.3 Å². The smallest absolute Gasteiger partial charge is 0.155 e. The maximum atomic E-state index is 9.80. The second-order valence-electron chi connectivity index (χ2n) is 5.15. The molecule has 0 unspecified atom stereocenters. The van der Waals surface area contributed by atoms with Gasteiger partial charge < -0.3 is 10.2 Å². The zero-order chi connectivity index (χ0) is 15.9. The van der Waals surface area contributed by atoms with Crippen LogP contribution >= 0.6 is 46.4 Å². The average molecular weight is 366 g/mol. The lowest BCUT2D eigenvalue weighted by atomic mass is 9.78. The lowest BCUT2D eigenvalue weighted by molar-refractivity contribution is 0.474. The molecular formula is C15H12Cl4O2. The molecular weight excluding hydrogens is 354 g/mol. The zero-order valence-corrected chi connectivity index (χ0v) is 14.2. The van der Waals surface area contributed by atoms with Crippen molar-refractivity contribution >= 4 is 46.4 Å². The Morgan fingerprint density at radius 2 is 1.19 bits per heavy atom. The lowest BCUT2D eigenvalue weighted by Crippen LogP contribution is -2.20. The maximum absolute atomic E-state index is 9.80. The summed E-state index contributed by atoms with van der Waals surface area (Å²) < 4.78 is 0. The van der Waals surface area contributed by atoms with Crippen LogP contribution in [0.4, 0.5) is 0 Å². The normalized spacial score (nSPS) is 11.7. The van der Waals surface area contributed by atoms with Crippen LogP contribution in [0.3, 0.4) is 0 Å². The number of rotatable bonds is 2. The van der Waals surface area contributed by atoms with E-state index < -0.39 is 5.41 Å². The number of phenols is 2. The predicted molar refractivity (Wildman–Crippen MR) is 88.4 cm³/mol. The molecule has 0 saturated heterocycles. The molecule has 0 bridgehead atoms. The molecule has 0 saturated carbocycles. The predicted octanol–water partition coefficient (Wildman–Crippen LogP) is 6.04. The van der Waals surface area contributed by atoms with E-state index >= 15 is 0 Å². The van der Waals surface area contributed by atoms with Gasteiger partial charge in [0.15, 0.2) is 5.75 Å². The highest BCUT2D eigenvalue weighted by atomic mass is 35.5. The van der Waals surface area contributed by atoms with Crippen molar-refractivity contribution in [3.63, 3.8) is 0 Å². The van der Waals surface area contributed by atoms with E-state index in [-0.39, 0.29) is 31.6 Å². The Morgan fingerprint density at radius 3 is 1.62 bits per heavy atom. The van der Waals surface area contributed by atoms with E-state index in [0.29, 0.717) is 5.56 Å². The van der Waals surface area contributed by atoms with Crippen LogP contribution in [0.5, 0.6) is 11.5 Å². The van der Waals surface area contributed by atoms with Gasteiger partial charge in [-0.05, 0) is 17.7 Å². The number of hydrogen-bond acceptors (Lipinski definition) is 2. The molecule has 0 aliphatic rings. The first-order valence-corrected chi connectivity index (χ1v) is 7.54. The molecule has 6 heteroatoms. The largest absolute Gasteiger partial charge is 0.508 e. The van der Waals surface area contributed by atoms with Gasteiger partial charge in [-0.15, -0.1) is 0 Å². The van der Waals surface area contributed by atoms with Gasteiger partial charge in [0.25, 0.3) is 0 Å². The minimum atomic E-state index is -0.622. The van der Waals surface area contributed by atoms with E-state index in [9.17, 15) is 10.2 Å². The van der Waals surface area contributed by atoms with Gasteiger partial charge in [-0.2, -0.15) is 0 Å². The maximum Gasteiger partial charge on any atom is 0.155 e. The van der Waals surface area contributed by atoms with Gasteiger partial charge in [0.05, 0.1) is 10.0 Å². The molecule has 2 aromatic carbocycles. The summed E-state index contributed by atoms with van der Waals surface area (Å²) in [4.78, 5) is 0. The van der Waals surface area contributed by atoms with Crippen molar-refractivity contribution in [2.24, 2.45) is 0 Å². The molecule has 0 aliphatic heterocycles. The monoisotopic (exact) mass is 364 g/mol. The third-order valence-corrected chi connectivity index (χ3v) is 5.14. The summed E-state index contributed by atoms with van der Waals surface area (Å²) in [5, 5.41) is 19.4. The molecule has 0 amide bonds. The van der Waals surface area contributed by atoms with Crippen molar-refractivity contribution < 1.29 is 10.2 Å². The molecule has 0 heterocycles. The van der Waals surface area contributed by atoms with Crippen LogP contribution in [0.1, 0.15) is 25.0 Å². The summed E-state index contributed by atoms with van der Waals surface area (Å²) in [6, 6.07) is 6.67. The molecule has 0 fully saturated rings. The Bertz CT molecular complexity index is 665. The van der Waals surface area contributed by atoms with Crippen molar-refractivity contribution in [3.05, 3.63) is 55.5 Å². The van der Waals surface area contributed by atoms with Gasteiger partial charge in [0, 0.05) is 11.0 Å². The summed E-state index contributed by atoms with van der Waals surface area (Å²) in [5.74, 6) is -0.174. The molecule has 0 aromatic heterocycles. The van der Waals surface area contributed by atoms with Crippen LogP contribution in [0, 0.1) is 0 Å². The van der Waals surface area contributed by atoms with Crippen molar-refractivity contribution in [3.8, 4) is 11.5 Å². The standard InChI is InChI=1S/C15H12Cl4O2/c1-15(2,7-3-5-8(20)6-4-7)9-10(16)12(18)14(21)13(19)11(9)17/h3-6,20-21H,1-2H3. The lowest BCUT2D eigenvalue weighted by Gasteiger charge is -2.29. The van der Waals surface area contributed by atoms with Gasteiger partial charge in [0.2, 0.25) is 0 Å². The Labute approximate surface area is 142 Å². The van der Waals surface area contributed by atoms with Crippen LogP contribution in [0.25, 0.3) is 0 Å². The fourth-order valence-corrected chi connectivity index (χ4v) is 3.51. The Kier molecular flexibility index (Phi) is 4.55. The number of aromatic hydroxyl groups is 2. The highest BCUT2D eigenvalue weighted by molar-refractivity contribution is 6.49. The highest BCUT2D eigenvalue weighted by Crippen LogP contribution is 2.50. The molecule has 2 nitrogen and oxygen atoms in total. The van der Waals surface area contributed by atoms with Crippen LogP contribution < -0.4 is 0 Å². The summed E-state index contributed by atoms with van der Waals surface area (Å²) in [7, 11) is 0. The fourth-order valence-electron chi connectivity index (χ4n) is 2.19.